The maximum Gasteiger partial charge on any atom is 0.150 e. The van der Waals surface area contributed by atoms with E-state index in [0.29, 0.717) is 6.42 Å². The van der Waals surface area contributed by atoms with E-state index in [1.165, 1.54) is 0 Å². The van der Waals surface area contributed by atoms with Crippen LogP contribution in [0.4, 0.5) is 5.69 Å². The van der Waals surface area contributed by atoms with E-state index in [4.69, 9.17) is 17.0 Å². The van der Waals surface area contributed by atoms with E-state index in [9.17, 15) is 0 Å². The number of hydrogen-bond acceptors (Lipinski definition) is 5. The van der Waals surface area contributed by atoms with Crippen molar-refractivity contribution >= 4 is 29.1 Å². The Morgan fingerprint density at radius 2 is 2.05 bits per heavy atom. The first kappa shape index (κ1) is 14.5. The molecule has 2 aromatic rings. The van der Waals surface area contributed by atoms with Gasteiger partial charge in [-0.2, -0.15) is 5.10 Å². The molecule has 1 N–H and O–H groups in total. The Labute approximate surface area is 135 Å². The Balaban J connectivity index is 1.87. The first-order chi connectivity index (χ1) is 10.8. The minimum atomic E-state index is -0.0991. The number of thiocarbonyl (C=S) groups is 1. The minimum absolute atomic E-state index is 0.0991. The number of benzene rings is 2. The average Bonchev–Trinajstić information content (AvgIpc) is 2.98. The maximum absolute atomic E-state index is 5.28. The van der Waals surface area contributed by atoms with Gasteiger partial charge in [0.05, 0.1) is 7.11 Å². The predicted molar refractivity (Wildman–Crippen MR) is 93.6 cm³/mol. The number of anilines is 1. The molecule has 3 rings (SSSR count). The largest absolute Gasteiger partial charge is 0.497 e. The lowest BCUT2D eigenvalue weighted by molar-refractivity contribution is 0.414. The quantitative estimate of drug-likeness (QED) is 0.861. The summed E-state index contributed by atoms with van der Waals surface area (Å²) < 4.78 is 5.28. The zero-order chi connectivity index (χ0) is 15.4. The summed E-state index contributed by atoms with van der Waals surface area (Å²) >= 11 is 5.12. The van der Waals surface area contributed by atoms with Gasteiger partial charge >= 0.3 is 0 Å². The molecule has 1 unspecified atom stereocenters. The highest BCUT2D eigenvalue weighted by Gasteiger charge is 2.27. The third-order valence-electron chi connectivity index (χ3n) is 3.54. The fraction of sp³-hybridized carbons (Fsp3) is 0.176. The molecule has 0 aromatic heterocycles. The van der Waals surface area contributed by atoms with Crippen LogP contribution in [0.1, 0.15) is 5.56 Å². The average molecular weight is 311 g/mol. The standard InChI is InChI=1S/C17H17N3OS/c1-21-15-9-5-6-13(10-15)11-16-18-19-17(12-22)20(16)14-7-3-2-4-8-14/h2-10,12,17,19H,11H2,1H3. The van der Waals surface area contributed by atoms with Crippen LogP contribution in [0.25, 0.3) is 0 Å². The van der Waals surface area contributed by atoms with Gasteiger partial charge in [0.1, 0.15) is 17.8 Å². The summed E-state index contributed by atoms with van der Waals surface area (Å²) in [7, 11) is 1.67. The Kier molecular flexibility index (Phi) is 4.34. The van der Waals surface area contributed by atoms with Gasteiger partial charge in [-0.1, -0.05) is 42.5 Å². The zero-order valence-corrected chi connectivity index (χ0v) is 13.1. The van der Waals surface area contributed by atoms with Gasteiger partial charge in [0, 0.05) is 17.5 Å². The van der Waals surface area contributed by atoms with Crippen LogP contribution in [-0.2, 0) is 6.42 Å². The lowest BCUT2D eigenvalue weighted by atomic mass is 10.1. The van der Waals surface area contributed by atoms with E-state index in [-0.39, 0.29) is 6.17 Å². The molecule has 5 heteroatoms. The fourth-order valence-corrected chi connectivity index (χ4v) is 2.67. The molecule has 112 valence electrons. The topological polar surface area (TPSA) is 36.9 Å². The summed E-state index contributed by atoms with van der Waals surface area (Å²) in [5.74, 6) is 1.78. The molecule has 0 spiro atoms. The Hall–Kier alpha value is -2.40. The number of ether oxygens (including phenoxy) is 1. The summed E-state index contributed by atoms with van der Waals surface area (Å²) in [5.41, 5.74) is 5.29. The van der Waals surface area contributed by atoms with Crippen LogP contribution in [0, 0.1) is 0 Å². The van der Waals surface area contributed by atoms with Crippen LogP contribution in [-0.4, -0.2) is 24.5 Å². The molecule has 2 aromatic carbocycles. The van der Waals surface area contributed by atoms with Crippen LogP contribution in [0.3, 0.4) is 0 Å². The number of methoxy groups -OCH3 is 1. The van der Waals surface area contributed by atoms with Crippen molar-refractivity contribution in [3.05, 3.63) is 60.2 Å². The van der Waals surface area contributed by atoms with E-state index in [2.05, 4.69) is 33.6 Å². The van der Waals surface area contributed by atoms with Crippen molar-refractivity contribution in [2.45, 2.75) is 12.6 Å². The third kappa shape index (κ3) is 2.94. The molecule has 1 aliphatic heterocycles. The number of nitrogens with zero attached hydrogens (tertiary/aromatic N) is 2. The molecule has 0 radical (unpaired) electrons. The third-order valence-corrected chi connectivity index (χ3v) is 3.80. The molecule has 1 heterocycles. The SMILES string of the molecule is COc1cccc(CC2=NNC(C=S)N2c2ccccc2)c1. The molecule has 1 aliphatic rings. The van der Waals surface area contributed by atoms with Crippen molar-refractivity contribution in [2.24, 2.45) is 5.10 Å². The number of rotatable bonds is 5. The Bertz CT molecular complexity index is 687. The second kappa shape index (κ2) is 6.58. The first-order valence-corrected chi connectivity index (χ1v) is 7.53. The van der Waals surface area contributed by atoms with Crippen LogP contribution in [0.5, 0.6) is 5.75 Å². The number of hydrazone groups is 1. The van der Waals surface area contributed by atoms with Gasteiger partial charge in [-0.05, 0) is 29.8 Å². The first-order valence-electron chi connectivity index (χ1n) is 7.06. The van der Waals surface area contributed by atoms with E-state index >= 15 is 0 Å². The second-order valence-corrected chi connectivity index (χ2v) is 5.24. The molecule has 0 aliphatic carbocycles. The van der Waals surface area contributed by atoms with Crippen molar-refractivity contribution in [2.75, 3.05) is 12.0 Å². The van der Waals surface area contributed by atoms with E-state index in [1.807, 2.05) is 36.4 Å². The molecule has 0 saturated heterocycles. The summed E-state index contributed by atoms with van der Waals surface area (Å²) in [6, 6.07) is 18.1. The van der Waals surface area contributed by atoms with Crippen LogP contribution < -0.4 is 15.1 Å². The van der Waals surface area contributed by atoms with E-state index < -0.39 is 0 Å². The van der Waals surface area contributed by atoms with Crippen LogP contribution in [0.15, 0.2) is 59.7 Å². The molecule has 4 nitrogen and oxygen atoms in total. The lowest BCUT2D eigenvalue weighted by Gasteiger charge is -2.24. The number of nitrogens with one attached hydrogen (secondary N) is 1. The molecule has 0 fully saturated rings. The molecule has 0 amide bonds. The number of amidine groups is 1. The highest BCUT2D eigenvalue weighted by Crippen LogP contribution is 2.22. The van der Waals surface area contributed by atoms with Crippen molar-refractivity contribution in [1.82, 2.24) is 5.43 Å². The Morgan fingerprint density at radius 1 is 1.23 bits per heavy atom. The highest BCUT2D eigenvalue weighted by molar-refractivity contribution is 7.79. The number of hydrogen-bond donors (Lipinski definition) is 1. The van der Waals surface area contributed by atoms with Crippen LogP contribution in [0.2, 0.25) is 0 Å². The lowest BCUT2D eigenvalue weighted by Crippen LogP contribution is -2.41. The smallest absolute Gasteiger partial charge is 0.150 e. The van der Waals surface area contributed by atoms with Gasteiger partial charge in [0.2, 0.25) is 0 Å². The molecule has 1 atom stereocenters. The van der Waals surface area contributed by atoms with Crippen molar-refractivity contribution in [3.63, 3.8) is 0 Å². The summed E-state index contributed by atoms with van der Waals surface area (Å²) in [5, 5.41) is 6.14. The normalized spacial score (nSPS) is 16.9. The molecule has 0 bridgehead atoms. The second-order valence-electron chi connectivity index (χ2n) is 4.97. The van der Waals surface area contributed by atoms with Gasteiger partial charge in [-0.3, -0.25) is 5.43 Å². The zero-order valence-electron chi connectivity index (χ0n) is 12.3. The molecule has 0 saturated carbocycles. The minimum Gasteiger partial charge on any atom is -0.497 e. The van der Waals surface area contributed by atoms with E-state index in [1.54, 1.807) is 12.5 Å². The van der Waals surface area contributed by atoms with Gasteiger partial charge < -0.3 is 9.64 Å². The van der Waals surface area contributed by atoms with Gasteiger partial charge in [0.15, 0.2) is 0 Å². The van der Waals surface area contributed by atoms with Gasteiger partial charge in [-0.15, -0.1) is 0 Å². The van der Waals surface area contributed by atoms with Gasteiger partial charge in [0.25, 0.3) is 0 Å². The summed E-state index contributed by atoms with van der Waals surface area (Å²) in [4.78, 5) is 2.12. The monoisotopic (exact) mass is 311 g/mol. The maximum atomic E-state index is 5.28. The molecule has 22 heavy (non-hydrogen) atoms. The fourth-order valence-electron chi connectivity index (χ4n) is 2.49. The van der Waals surface area contributed by atoms with Crippen molar-refractivity contribution < 1.29 is 4.74 Å². The van der Waals surface area contributed by atoms with Gasteiger partial charge in [-0.25, -0.2) is 0 Å². The summed E-state index contributed by atoms with van der Waals surface area (Å²) in [6.45, 7) is 0. The van der Waals surface area contributed by atoms with E-state index in [0.717, 1.165) is 22.8 Å². The predicted octanol–water partition coefficient (Wildman–Crippen LogP) is 2.99. The highest BCUT2D eigenvalue weighted by atomic mass is 32.1. The Morgan fingerprint density at radius 3 is 2.77 bits per heavy atom. The molecular weight excluding hydrogens is 294 g/mol. The van der Waals surface area contributed by atoms with Crippen molar-refractivity contribution in [1.29, 1.82) is 0 Å². The van der Waals surface area contributed by atoms with Crippen molar-refractivity contribution in [3.8, 4) is 5.75 Å². The number of para-hydroxylation sites is 1. The van der Waals surface area contributed by atoms with Crippen LogP contribution >= 0.6 is 12.2 Å². The summed E-state index contributed by atoms with van der Waals surface area (Å²) in [6.07, 6.45) is 0.608. The molecular formula is C17H17N3OS.